The molecule has 0 radical (unpaired) electrons. The van der Waals surface area contributed by atoms with Gasteiger partial charge in [0.15, 0.2) is 0 Å². The van der Waals surface area contributed by atoms with Crippen molar-refractivity contribution in [2.75, 3.05) is 12.0 Å². The van der Waals surface area contributed by atoms with E-state index in [0.717, 1.165) is 0 Å². The average molecular weight is 250 g/mol. The summed E-state index contributed by atoms with van der Waals surface area (Å²) in [6, 6.07) is 2.74. The zero-order chi connectivity index (χ0) is 13.7. The van der Waals surface area contributed by atoms with Crippen LogP contribution in [0.25, 0.3) is 0 Å². The molecule has 2 N–H and O–H groups in total. The summed E-state index contributed by atoms with van der Waals surface area (Å²) in [5.41, 5.74) is 5.85. The van der Waals surface area contributed by atoms with Gasteiger partial charge in [-0.3, -0.25) is 10.1 Å². The van der Waals surface area contributed by atoms with E-state index in [0.29, 0.717) is 5.70 Å². The first-order valence-corrected chi connectivity index (χ1v) is 5.03. The summed E-state index contributed by atoms with van der Waals surface area (Å²) in [7, 11) is 1.43. The zero-order valence-corrected chi connectivity index (χ0v) is 10.2. The molecular formula is C11H14N4O3. The van der Waals surface area contributed by atoms with Gasteiger partial charge in [0, 0.05) is 30.2 Å². The maximum Gasteiger partial charge on any atom is 0.312 e. The number of aromatic nitrogens is 1. The van der Waals surface area contributed by atoms with Crippen LogP contribution in [0, 0.1) is 10.1 Å². The lowest BCUT2D eigenvalue weighted by atomic mass is 10.3. The quantitative estimate of drug-likeness (QED) is 0.632. The van der Waals surface area contributed by atoms with Gasteiger partial charge in [0.2, 0.25) is 11.7 Å². The number of anilines is 1. The number of rotatable bonds is 5. The molecular weight excluding hydrogens is 236 g/mol. The first-order valence-electron chi connectivity index (χ1n) is 5.03. The smallest absolute Gasteiger partial charge is 0.312 e. The van der Waals surface area contributed by atoms with Gasteiger partial charge in [-0.1, -0.05) is 6.58 Å². The highest BCUT2D eigenvalue weighted by atomic mass is 16.6. The number of allylic oxidation sites excluding steroid dienone is 1. The summed E-state index contributed by atoms with van der Waals surface area (Å²) in [4.78, 5) is 15.8. The number of methoxy groups -OCH3 is 1. The van der Waals surface area contributed by atoms with Gasteiger partial charge in [-0.15, -0.1) is 0 Å². The second kappa shape index (κ2) is 5.67. The Morgan fingerprint density at radius 3 is 2.78 bits per heavy atom. The number of pyridine rings is 1. The van der Waals surface area contributed by atoms with E-state index in [4.69, 9.17) is 10.5 Å². The number of nitrogens with two attached hydrogens (primary N) is 1. The van der Waals surface area contributed by atoms with Crippen LogP contribution < -0.4 is 15.4 Å². The van der Waals surface area contributed by atoms with E-state index in [1.165, 1.54) is 36.5 Å². The molecule has 0 aliphatic carbocycles. The van der Waals surface area contributed by atoms with Crippen molar-refractivity contribution in [1.29, 1.82) is 0 Å². The highest BCUT2D eigenvalue weighted by Gasteiger charge is 2.19. The van der Waals surface area contributed by atoms with Gasteiger partial charge in [0.05, 0.1) is 12.0 Å². The summed E-state index contributed by atoms with van der Waals surface area (Å²) in [6.07, 6.45) is 2.87. The molecule has 0 amide bonds. The monoisotopic (exact) mass is 250 g/mol. The molecule has 0 fully saturated rings. The van der Waals surface area contributed by atoms with Crippen LogP contribution in [0.5, 0.6) is 5.88 Å². The Labute approximate surface area is 104 Å². The minimum absolute atomic E-state index is 0.0964. The summed E-state index contributed by atoms with van der Waals surface area (Å²) < 4.78 is 4.94. The Morgan fingerprint density at radius 1 is 1.67 bits per heavy atom. The largest absolute Gasteiger partial charge is 0.481 e. The molecule has 1 aromatic rings. The number of nitrogens with zero attached hydrogens (tertiary/aromatic N) is 3. The van der Waals surface area contributed by atoms with Gasteiger partial charge in [0.1, 0.15) is 0 Å². The third-order valence-electron chi connectivity index (χ3n) is 2.02. The maximum absolute atomic E-state index is 10.9. The molecule has 0 atom stereocenters. The van der Waals surface area contributed by atoms with Gasteiger partial charge in [-0.2, -0.15) is 4.98 Å². The number of hydrogen-bond acceptors (Lipinski definition) is 6. The molecule has 0 aliphatic rings. The summed E-state index contributed by atoms with van der Waals surface area (Å²) in [5, 5.41) is 10.9. The Bertz CT molecular complexity index is 495. The summed E-state index contributed by atoms with van der Waals surface area (Å²) in [6.45, 7) is 5.22. The fourth-order valence-corrected chi connectivity index (χ4v) is 1.29. The fourth-order valence-electron chi connectivity index (χ4n) is 1.29. The van der Waals surface area contributed by atoms with Crippen LogP contribution in [-0.4, -0.2) is 17.0 Å². The van der Waals surface area contributed by atoms with E-state index >= 15 is 0 Å². The minimum Gasteiger partial charge on any atom is -0.481 e. The molecule has 7 heteroatoms. The lowest BCUT2D eigenvalue weighted by molar-refractivity contribution is -0.384. The van der Waals surface area contributed by atoms with Crippen molar-refractivity contribution in [3.8, 4) is 5.88 Å². The lowest BCUT2D eigenvalue weighted by Gasteiger charge is -2.15. The molecule has 0 saturated carbocycles. The van der Waals surface area contributed by atoms with Crippen LogP contribution in [0.4, 0.5) is 11.5 Å². The molecule has 1 aromatic heterocycles. The molecule has 0 spiro atoms. The number of hydrogen-bond donors (Lipinski definition) is 1. The highest BCUT2D eigenvalue weighted by molar-refractivity contribution is 5.62. The van der Waals surface area contributed by atoms with Crippen molar-refractivity contribution < 1.29 is 9.66 Å². The first kappa shape index (κ1) is 13.5. The first-order chi connectivity index (χ1) is 8.49. The molecule has 96 valence electrons. The van der Waals surface area contributed by atoms with Crippen LogP contribution in [0.1, 0.15) is 6.92 Å². The van der Waals surface area contributed by atoms with Crippen LogP contribution >= 0.6 is 0 Å². The molecule has 0 saturated heterocycles. The van der Waals surface area contributed by atoms with E-state index in [-0.39, 0.29) is 17.4 Å². The number of nitro groups is 1. The second-order valence-corrected chi connectivity index (χ2v) is 3.42. The maximum atomic E-state index is 10.9. The normalized spacial score (nSPS) is 10.9. The molecule has 0 aromatic carbocycles. The Morgan fingerprint density at radius 2 is 2.33 bits per heavy atom. The Balaban J connectivity index is 3.37. The van der Waals surface area contributed by atoms with Crippen LogP contribution in [0.15, 0.2) is 36.8 Å². The van der Waals surface area contributed by atoms with Gasteiger partial charge >= 0.3 is 5.69 Å². The zero-order valence-electron chi connectivity index (χ0n) is 10.2. The van der Waals surface area contributed by atoms with Crippen LogP contribution in [-0.2, 0) is 0 Å². The van der Waals surface area contributed by atoms with Crippen LogP contribution in [0.2, 0.25) is 0 Å². The van der Waals surface area contributed by atoms with E-state index in [2.05, 4.69) is 11.6 Å². The van der Waals surface area contributed by atoms with Gasteiger partial charge < -0.3 is 15.4 Å². The number of ether oxygens (including phenoxy) is 1. The predicted molar refractivity (Wildman–Crippen MR) is 68.1 cm³/mol. The SMILES string of the molecule is C=CN(/C=C(/C)N)c1nc(OC)ccc1[N+](=O)[O-]. The van der Waals surface area contributed by atoms with Crippen molar-refractivity contribution >= 4 is 11.5 Å². The van der Waals surface area contributed by atoms with E-state index in [9.17, 15) is 10.1 Å². The molecule has 0 unspecified atom stereocenters. The van der Waals surface area contributed by atoms with E-state index in [1.807, 2.05) is 0 Å². The van der Waals surface area contributed by atoms with Gasteiger partial charge in [0.25, 0.3) is 0 Å². The van der Waals surface area contributed by atoms with Crippen molar-refractivity contribution in [3.05, 3.63) is 46.9 Å². The van der Waals surface area contributed by atoms with Crippen molar-refractivity contribution in [1.82, 2.24) is 4.98 Å². The lowest BCUT2D eigenvalue weighted by Crippen LogP contribution is -2.13. The van der Waals surface area contributed by atoms with Gasteiger partial charge in [-0.05, 0) is 6.92 Å². The second-order valence-electron chi connectivity index (χ2n) is 3.42. The topological polar surface area (TPSA) is 94.5 Å². The molecule has 0 aliphatic heterocycles. The third kappa shape index (κ3) is 2.97. The standard InChI is InChI=1S/C11H14N4O3/c1-4-14(7-8(2)12)11-9(15(16)17)5-6-10(13-11)18-3/h4-7H,1,12H2,2-3H3/b8-7-. The van der Waals surface area contributed by atoms with E-state index in [1.54, 1.807) is 6.92 Å². The fraction of sp³-hybridized carbons (Fsp3) is 0.182. The Kier molecular flexibility index (Phi) is 4.25. The van der Waals surface area contributed by atoms with Crippen molar-refractivity contribution in [2.45, 2.75) is 6.92 Å². The molecule has 7 nitrogen and oxygen atoms in total. The molecule has 1 heterocycles. The van der Waals surface area contributed by atoms with Crippen LogP contribution in [0.3, 0.4) is 0 Å². The van der Waals surface area contributed by atoms with Crippen molar-refractivity contribution in [3.63, 3.8) is 0 Å². The highest BCUT2D eigenvalue weighted by Crippen LogP contribution is 2.28. The van der Waals surface area contributed by atoms with Crippen molar-refractivity contribution in [2.24, 2.45) is 5.73 Å². The minimum atomic E-state index is -0.530. The molecule has 0 bridgehead atoms. The molecule has 1 rings (SSSR count). The third-order valence-corrected chi connectivity index (χ3v) is 2.02. The van der Waals surface area contributed by atoms with E-state index < -0.39 is 4.92 Å². The summed E-state index contributed by atoms with van der Waals surface area (Å²) >= 11 is 0. The van der Waals surface area contributed by atoms with Gasteiger partial charge in [-0.25, -0.2) is 0 Å². The summed E-state index contributed by atoms with van der Waals surface area (Å²) in [5.74, 6) is 0.365. The molecule has 18 heavy (non-hydrogen) atoms. The average Bonchev–Trinajstić information content (AvgIpc) is 2.34. The Hall–Kier alpha value is -2.57. The predicted octanol–water partition coefficient (Wildman–Crippen LogP) is 1.77.